The van der Waals surface area contributed by atoms with Crippen LogP contribution in [0.4, 0.5) is 0 Å². The van der Waals surface area contributed by atoms with Gasteiger partial charge >= 0.3 is 0 Å². The number of carbonyl (C=O) groups is 2. The molecule has 0 atom stereocenters. The number of benzene rings is 3. The summed E-state index contributed by atoms with van der Waals surface area (Å²) in [5.74, 6) is -0.209. The van der Waals surface area contributed by atoms with Gasteiger partial charge in [0.1, 0.15) is 0 Å². The van der Waals surface area contributed by atoms with Gasteiger partial charge in [-0.3, -0.25) is 9.59 Å². The van der Waals surface area contributed by atoms with Crippen LogP contribution < -0.4 is 0 Å². The molecule has 178 valence electrons. The van der Waals surface area contributed by atoms with Crippen LogP contribution >= 0.6 is 0 Å². The molecule has 7 nitrogen and oxygen atoms in total. The number of sulfonamides is 1. The fourth-order valence-corrected chi connectivity index (χ4v) is 5.62. The second-order valence-corrected chi connectivity index (χ2v) is 10.5. The third-order valence-corrected chi connectivity index (χ3v) is 8.09. The van der Waals surface area contributed by atoms with Gasteiger partial charge in [0, 0.05) is 52.6 Å². The third-order valence-electron chi connectivity index (χ3n) is 6.19. The van der Waals surface area contributed by atoms with Gasteiger partial charge in [-0.05, 0) is 28.5 Å². The van der Waals surface area contributed by atoms with Gasteiger partial charge in [0.15, 0.2) is 0 Å². The number of hydrogen-bond donors (Lipinski definition) is 0. The minimum atomic E-state index is -3.63. The van der Waals surface area contributed by atoms with E-state index in [9.17, 15) is 18.0 Å². The average molecular weight is 480 g/mol. The molecule has 4 rings (SSSR count). The van der Waals surface area contributed by atoms with Crippen LogP contribution in [-0.2, 0) is 26.2 Å². The Morgan fingerprint density at radius 3 is 2.18 bits per heavy atom. The predicted octanol–water partition coefficient (Wildman–Crippen LogP) is 3.11. The lowest BCUT2D eigenvalue weighted by molar-refractivity contribution is -0.137. The van der Waals surface area contributed by atoms with E-state index in [2.05, 4.69) is 0 Å². The van der Waals surface area contributed by atoms with Crippen LogP contribution in [0.2, 0.25) is 0 Å². The summed E-state index contributed by atoms with van der Waals surface area (Å²) in [5.41, 5.74) is 1.04. The van der Waals surface area contributed by atoms with E-state index >= 15 is 0 Å². The van der Waals surface area contributed by atoms with Gasteiger partial charge in [-0.15, -0.1) is 0 Å². The van der Waals surface area contributed by atoms with Gasteiger partial charge < -0.3 is 9.80 Å². The van der Waals surface area contributed by atoms with Gasteiger partial charge in [-0.1, -0.05) is 60.7 Å². The summed E-state index contributed by atoms with van der Waals surface area (Å²) in [6.07, 6.45) is 0.257. The molecular formula is C26H29N3O4S. The summed E-state index contributed by atoms with van der Waals surface area (Å²) in [7, 11) is -1.90. The summed E-state index contributed by atoms with van der Waals surface area (Å²) in [6.45, 7) is 1.62. The molecule has 1 heterocycles. The Morgan fingerprint density at radius 1 is 0.824 bits per heavy atom. The van der Waals surface area contributed by atoms with E-state index in [0.717, 1.165) is 16.3 Å². The number of hydrogen-bond acceptors (Lipinski definition) is 4. The molecule has 2 amide bonds. The average Bonchev–Trinajstić information content (AvgIpc) is 2.87. The Bertz CT molecular complexity index is 1270. The van der Waals surface area contributed by atoms with Crippen LogP contribution in [0.3, 0.4) is 0 Å². The zero-order valence-corrected chi connectivity index (χ0v) is 20.1. The van der Waals surface area contributed by atoms with Crippen LogP contribution in [0.1, 0.15) is 18.4 Å². The molecule has 0 spiro atoms. The highest BCUT2D eigenvalue weighted by Crippen LogP contribution is 2.23. The zero-order valence-electron chi connectivity index (χ0n) is 19.3. The summed E-state index contributed by atoms with van der Waals surface area (Å²) in [6, 6.07) is 22.5. The molecule has 0 unspecified atom stereocenters. The Labute approximate surface area is 200 Å². The number of rotatable bonds is 7. The first-order valence-electron chi connectivity index (χ1n) is 11.4. The van der Waals surface area contributed by atoms with Crippen molar-refractivity contribution < 1.29 is 18.0 Å². The lowest BCUT2D eigenvalue weighted by atomic mass is 10.1. The molecule has 34 heavy (non-hydrogen) atoms. The Hall–Kier alpha value is -3.23. The fraction of sp³-hybridized carbons (Fsp3) is 0.308. The number of carbonyl (C=O) groups excluding carboxylic acids is 2. The second kappa shape index (κ2) is 10.4. The first-order valence-corrected chi connectivity index (χ1v) is 12.8. The molecule has 0 radical (unpaired) electrons. The van der Waals surface area contributed by atoms with E-state index < -0.39 is 10.0 Å². The maximum absolute atomic E-state index is 13.1. The minimum absolute atomic E-state index is 0.0882. The molecule has 1 aliphatic heterocycles. The topological polar surface area (TPSA) is 78.0 Å². The van der Waals surface area contributed by atoms with Crippen molar-refractivity contribution in [3.63, 3.8) is 0 Å². The smallest absolute Gasteiger partial charge is 0.243 e. The number of nitrogens with zero attached hydrogens (tertiary/aromatic N) is 3. The standard InChI is InChI=1S/C26H29N3O4S/c1-27(20-21-7-3-2-4-8-21)25(30)13-14-26(31)28-15-17-29(18-16-28)34(32,33)24-12-11-22-9-5-6-10-23(22)19-24/h2-12,19H,13-18,20H2,1H3. The zero-order chi connectivity index (χ0) is 24.1. The van der Waals surface area contributed by atoms with Crippen LogP contribution in [0, 0.1) is 0 Å². The maximum atomic E-state index is 13.1. The molecule has 1 saturated heterocycles. The molecule has 1 fully saturated rings. The molecular weight excluding hydrogens is 450 g/mol. The molecule has 0 aromatic heterocycles. The molecule has 0 saturated carbocycles. The fourth-order valence-electron chi connectivity index (χ4n) is 4.16. The SMILES string of the molecule is CN(Cc1ccccc1)C(=O)CCC(=O)N1CCN(S(=O)(=O)c2ccc3ccccc3c2)CC1. The van der Waals surface area contributed by atoms with Gasteiger partial charge in [-0.25, -0.2) is 8.42 Å². The quantitative estimate of drug-likeness (QED) is 0.522. The van der Waals surface area contributed by atoms with Crippen molar-refractivity contribution in [1.82, 2.24) is 14.1 Å². The molecule has 0 bridgehead atoms. The van der Waals surface area contributed by atoms with Gasteiger partial charge in [-0.2, -0.15) is 4.31 Å². The van der Waals surface area contributed by atoms with E-state index in [1.54, 1.807) is 29.0 Å². The Kier molecular flexibility index (Phi) is 7.29. The predicted molar refractivity (Wildman–Crippen MR) is 131 cm³/mol. The molecule has 8 heteroatoms. The first-order chi connectivity index (χ1) is 16.3. The van der Waals surface area contributed by atoms with Gasteiger partial charge in [0.2, 0.25) is 21.8 Å². The summed E-state index contributed by atoms with van der Waals surface area (Å²) < 4.78 is 27.7. The minimum Gasteiger partial charge on any atom is -0.341 e. The lowest BCUT2D eigenvalue weighted by Crippen LogP contribution is -2.50. The van der Waals surface area contributed by atoms with Crippen molar-refractivity contribution in [3.8, 4) is 0 Å². The highest BCUT2D eigenvalue weighted by atomic mass is 32.2. The van der Waals surface area contributed by atoms with Gasteiger partial charge in [0.25, 0.3) is 0 Å². The van der Waals surface area contributed by atoms with Gasteiger partial charge in [0.05, 0.1) is 4.90 Å². The molecule has 0 N–H and O–H groups in total. The van der Waals surface area contributed by atoms with E-state index in [4.69, 9.17) is 0 Å². The van der Waals surface area contributed by atoms with Crippen molar-refractivity contribution in [2.45, 2.75) is 24.3 Å². The lowest BCUT2D eigenvalue weighted by Gasteiger charge is -2.34. The van der Waals surface area contributed by atoms with E-state index in [1.165, 1.54) is 4.31 Å². The molecule has 3 aromatic carbocycles. The van der Waals surface area contributed by atoms with Crippen LogP contribution in [0.5, 0.6) is 0 Å². The Balaban J connectivity index is 1.28. The molecule has 0 aliphatic carbocycles. The van der Waals surface area contributed by atoms with Crippen molar-refractivity contribution in [2.24, 2.45) is 0 Å². The van der Waals surface area contributed by atoms with Crippen molar-refractivity contribution in [1.29, 1.82) is 0 Å². The second-order valence-electron chi connectivity index (χ2n) is 8.53. The van der Waals surface area contributed by atoms with E-state index in [-0.39, 0.29) is 42.6 Å². The van der Waals surface area contributed by atoms with Crippen LogP contribution in [0.25, 0.3) is 10.8 Å². The highest BCUT2D eigenvalue weighted by molar-refractivity contribution is 7.89. The third kappa shape index (κ3) is 5.46. The van der Waals surface area contributed by atoms with Crippen LogP contribution in [0.15, 0.2) is 77.7 Å². The monoisotopic (exact) mass is 479 g/mol. The highest BCUT2D eigenvalue weighted by Gasteiger charge is 2.30. The summed E-state index contributed by atoms with van der Waals surface area (Å²) in [4.78, 5) is 28.6. The summed E-state index contributed by atoms with van der Waals surface area (Å²) in [5, 5.41) is 1.86. The largest absolute Gasteiger partial charge is 0.341 e. The van der Waals surface area contributed by atoms with Crippen molar-refractivity contribution in [2.75, 3.05) is 33.2 Å². The van der Waals surface area contributed by atoms with E-state index in [0.29, 0.717) is 19.6 Å². The normalized spacial score (nSPS) is 14.8. The summed E-state index contributed by atoms with van der Waals surface area (Å²) >= 11 is 0. The van der Waals surface area contributed by atoms with Crippen molar-refractivity contribution >= 4 is 32.6 Å². The molecule has 3 aromatic rings. The van der Waals surface area contributed by atoms with Crippen molar-refractivity contribution in [3.05, 3.63) is 78.4 Å². The van der Waals surface area contributed by atoms with E-state index in [1.807, 2.05) is 60.7 Å². The maximum Gasteiger partial charge on any atom is 0.243 e. The number of fused-ring (bicyclic) bond motifs is 1. The number of piperazine rings is 1. The molecule has 1 aliphatic rings. The Morgan fingerprint density at radius 2 is 1.47 bits per heavy atom. The first kappa shape index (κ1) is 23.9. The van der Waals surface area contributed by atoms with Crippen LogP contribution in [-0.4, -0.2) is 67.6 Å². The number of amides is 2.